The lowest BCUT2D eigenvalue weighted by Crippen LogP contribution is -2.40. The molecule has 0 bridgehead atoms. The second-order valence-electron chi connectivity index (χ2n) is 7.51. The van der Waals surface area contributed by atoms with Crippen LogP contribution in [0.25, 0.3) is 0 Å². The first-order valence-electron chi connectivity index (χ1n) is 9.97. The molecule has 2 aromatic rings. The minimum atomic E-state index is -0.179. The zero-order chi connectivity index (χ0) is 18.6. The summed E-state index contributed by atoms with van der Waals surface area (Å²) in [6.07, 6.45) is 4.12. The fraction of sp³-hybridized carbons (Fsp3) is 0.409. The van der Waals surface area contributed by atoms with E-state index in [4.69, 9.17) is 0 Å². The van der Waals surface area contributed by atoms with Crippen molar-refractivity contribution in [1.29, 1.82) is 0 Å². The third-order valence-corrected chi connectivity index (χ3v) is 5.56. The first kappa shape index (κ1) is 18.0. The van der Waals surface area contributed by atoms with E-state index >= 15 is 0 Å². The van der Waals surface area contributed by atoms with Crippen LogP contribution < -0.4 is 21.1 Å². The summed E-state index contributed by atoms with van der Waals surface area (Å²) >= 11 is 0. The molecule has 2 aliphatic heterocycles. The lowest BCUT2D eigenvalue weighted by Gasteiger charge is -2.22. The number of hydrazine groups is 1. The van der Waals surface area contributed by atoms with E-state index in [1.54, 1.807) is 0 Å². The summed E-state index contributed by atoms with van der Waals surface area (Å²) in [5.41, 5.74) is 11.2. The van der Waals surface area contributed by atoms with Gasteiger partial charge in [0.05, 0.1) is 0 Å². The van der Waals surface area contributed by atoms with E-state index in [0.717, 1.165) is 50.0 Å². The Hall–Kier alpha value is -2.37. The molecule has 2 aromatic carbocycles. The lowest BCUT2D eigenvalue weighted by molar-refractivity contribution is -0.117. The van der Waals surface area contributed by atoms with Gasteiger partial charge < -0.3 is 10.2 Å². The first-order valence-corrected chi connectivity index (χ1v) is 9.97. The molecule has 0 aliphatic carbocycles. The van der Waals surface area contributed by atoms with Crippen molar-refractivity contribution in [2.24, 2.45) is 0 Å². The monoisotopic (exact) mass is 364 g/mol. The normalized spacial score (nSPS) is 21.3. The highest BCUT2D eigenvalue weighted by molar-refractivity contribution is 5.95. The molecule has 2 aliphatic rings. The summed E-state index contributed by atoms with van der Waals surface area (Å²) < 4.78 is 0. The lowest BCUT2D eigenvalue weighted by atomic mass is 10.1. The SMILES string of the molecule is CCCC1CC(C(=O)Nc2ccccc2CN2CCc3ccccc32)NN1. The van der Waals surface area contributed by atoms with Gasteiger partial charge >= 0.3 is 0 Å². The highest BCUT2D eigenvalue weighted by atomic mass is 16.2. The van der Waals surface area contributed by atoms with Gasteiger partial charge in [-0.3, -0.25) is 10.2 Å². The molecule has 1 saturated heterocycles. The number of anilines is 2. The number of fused-ring (bicyclic) bond motifs is 1. The Balaban J connectivity index is 1.44. The molecule has 0 aromatic heterocycles. The van der Waals surface area contributed by atoms with Crippen molar-refractivity contribution in [2.45, 2.75) is 51.2 Å². The fourth-order valence-corrected chi connectivity index (χ4v) is 4.11. The summed E-state index contributed by atoms with van der Waals surface area (Å²) in [5, 5.41) is 3.14. The number of para-hydroxylation sites is 2. The van der Waals surface area contributed by atoms with Gasteiger partial charge in [0, 0.05) is 30.5 Å². The van der Waals surface area contributed by atoms with Crippen LogP contribution in [-0.4, -0.2) is 24.5 Å². The molecule has 142 valence electrons. The van der Waals surface area contributed by atoms with E-state index in [-0.39, 0.29) is 11.9 Å². The van der Waals surface area contributed by atoms with E-state index in [9.17, 15) is 4.79 Å². The van der Waals surface area contributed by atoms with Crippen LogP contribution in [-0.2, 0) is 17.8 Å². The van der Waals surface area contributed by atoms with Crippen LogP contribution in [0.1, 0.15) is 37.3 Å². The maximum absolute atomic E-state index is 12.7. The minimum absolute atomic E-state index is 0.0374. The van der Waals surface area contributed by atoms with Gasteiger partial charge in [-0.05, 0) is 42.5 Å². The molecule has 3 N–H and O–H groups in total. The Kier molecular flexibility index (Phi) is 5.41. The third-order valence-electron chi connectivity index (χ3n) is 5.56. The number of carbonyl (C=O) groups excluding carboxylic acids is 1. The highest BCUT2D eigenvalue weighted by Crippen LogP contribution is 2.30. The van der Waals surface area contributed by atoms with Gasteiger partial charge in [0.25, 0.3) is 0 Å². The quantitative estimate of drug-likeness (QED) is 0.737. The van der Waals surface area contributed by atoms with Crippen LogP contribution in [0.3, 0.4) is 0 Å². The van der Waals surface area contributed by atoms with Crippen LogP contribution in [0.15, 0.2) is 48.5 Å². The third kappa shape index (κ3) is 3.99. The van der Waals surface area contributed by atoms with Crippen LogP contribution >= 0.6 is 0 Å². The predicted octanol–water partition coefficient (Wildman–Crippen LogP) is 3.22. The Labute approximate surface area is 161 Å². The number of carbonyl (C=O) groups is 1. The molecule has 2 atom stereocenters. The Morgan fingerprint density at radius 3 is 2.85 bits per heavy atom. The standard InChI is InChI=1S/C22H28N4O/c1-2-7-18-14-20(25-24-18)22(27)23-19-10-5-3-9-17(19)15-26-13-12-16-8-4-6-11-21(16)26/h3-6,8-11,18,20,24-25H,2,7,12-15H2,1H3,(H,23,27). The van der Waals surface area contributed by atoms with Crippen molar-refractivity contribution >= 4 is 17.3 Å². The summed E-state index contributed by atoms with van der Waals surface area (Å²) in [6, 6.07) is 16.9. The van der Waals surface area contributed by atoms with Gasteiger partial charge in [-0.1, -0.05) is 49.7 Å². The predicted molar refractivity (Wildman–Crippen MR) is 110 cm³/mol. The molecule has 2 heterocycles. The van der Waals surface area contributed by atoms with Gasteiger partial charge in [0.2, 0.25) is 5.91 Å². The van der Waals surface area contributed by atoms with Crippen molar-refractivity contribution < 1.29 is 4.79 Å². The molecule has 4 rings (SSSR count). The summed E-state index contributed by atoms with van der Waals surface area (Å²) in [4.78, 5) is 15.1. The Morgan fingerprint density at radius 2 is 1.96 bits per heavy atom. The smallest absolute Gasteiger partial charge is 0.242 e. The van der Waals surface area contributed by atoms with E-state index in [1.165, 1.54) is 11.3 Å². The molecule has 1 fully saturated rings. The van der Waals surface area contributed by atoms with E-state index in [2.05, 4.69) is 58.3 Å². The minimum Gasteiger partial charge on any atom is -0.367 e. The molecule has 27 heavy (non-hydrogen) atoms. The molecule has 5 nitrogen and oxygen atoms in total. The van der Waals surface area contributed by atoms with Gasteiger partial charge in [-0.25, -0.2) is 5.43 Å². The van der Waals surface area contributed by atoms with Gasteiger partial charge in [0.1, 0.15) is 6.04 Å². The van der Waals surface area contributed by atoms with E-state index < -0.39 is 0 Å². The maximum Gasteiger partial charge on any atom is 0.242 e. The first-order chi connectivity index (χ1) is 13.2. The van der Waals surface area contributed by atoms with Crippen molar-refractivity contribution in [2.75, 3.05) is 16.8 Å². The number of nitrogens with one attached hydrogen (secondary N) is 3. The molecule has 5 heteroatoms. The van der Waals surface area contributed by atoms with Crippen molar-refractivity contribution in [3.63, 3.8) is 0 Å². The van der Waals surface area contributed by atoms with Gasteiger partial charge in [-0.15, -0.1) is 0 Å². The number of nitrogens with zero attached hydrogens (tertiary/aromatic N) is 1. The second kappa shape index (κ2) is 8.11. The van der Waals surface area contributed by atoms with Crippen LogP contribution in [0, 0.1) is 0 Å². The van der Waals surface area contributed by atoms with Crippen molar-refractivity contribution in [3.05, 3.63) is 59.7 Å². The number of rotatable bonds is 6. The number of amides is 1. The molecule has 0 saturated carbocycles. The molecule has 0 spiro atoms. The molecular formula is C22H28N4O. The Bertz CT molecular complexity index is 806. The number of benzene rings is 2. The van der Waals surface area contributed by atoms with E-state index in [0.29, 0.717) is 6.04 Å². The van der Waals surface area contributed by atoms with E-state index in [1.807, 2.05) is 18.2 Å². The summed E-state index contributed by atoms with van der Waals surface area (Å²) in [7, 11) is 0. The number of hydrogen-bond donors (Lipinski definition) is 3. The van der Waals surface area contributed by atoms with Crippen LogP contribution in [0.2, 0.25) is 0 Å². The average molecular weight is 364 g/mol. The maximum atomic E-state index is 12.7. The molecule has 0 radical (unpaired) electrons. The molecule has 2 unspecified atom stereocenters. The zero-order valence-corrected chi connectivity index (χ0v) is 15.9. The van der Waals surface area contributed by atoms with Crippen LogP contribution in [0.5, 0.6) is 0 Å². The summed E-state index contributed by atoms with van der Waals surface area (Å²) in [6.45, 7) is 4.00. The fourth-order valence-electron chi connectivity index (χ4n) is 4.11. The second-order valence-corrected chi connectivity index (χ2v) is 7.51. The number of hydrogen-bond acceptors (Lipinski definition) is 4. The van der Waals surface area contributed by atoms with Crippen molar-refractivity contribution in [1.82, 2.24) is 10.9 Å². The average Bonchev–Trinajstić information content (AvgIpc) is 3.31. The van der Waals surface area contributed by atoms with Gasteiger partial charge in [-0.2, -0.15) is 0 Å². The Morgan fingerprint density at radius 1 is 1.15 bits per heavy atom. The van der Waals surface area contributed by atoms with Crippen LogP contribution in [0.4, 0.5) is 11.4 Å². The van der Waals surface area contributed by atoms with Crippen molar-refractivity contribution in [3.8, 4) is 0 Å². The topological polar surface area (TPSA) is 56.4 Å². The molecular weight excluding hydrogens is 336 g/mol. The highest BCUT2D eigenvalue weighted by Gasteiger charge is 2.29. The largest absolute Gasteiger partial charge is 0.367 e. The summed E-state index contributed by atoms with van der Waals surface area (Å²) in [5.74, 6) is 0.0374. The zero-order valence-electron chi connectivity index (χ0n) is 15.9. The van der Waals surface area contributed by atoms with Gasteiger partial charge in [0.15, 0.2) is 0 Å². The molecule has 1 amide bonds.